The molecule has 2 aromatic carbocycles. The van der Waals surface area contributed by atoms with E-state index < -0.39 is 0 Å². The molecule has 0 aliphatic carbocycles. The highest BCUT2D eigenvalue weighted by atomic mass is 16.5. The van der Waals surface area contributed by atoms with Gasteiger partial charge < -0.3 is 10.5 Å². The predicted molar refractivity (Wildman–Crippen MR) is 82.4 cm³/mol. The van der Waals surface area contributed by atoms with Crippen molar-refractivity contribution in [3.63, 3.8) is 0 Å². The maximum absolute atomic E-state index is 5.80. The van der Waals surface area contributed by atoms with Crippen LogP contribution >= 0.6 is 0 Å². The molecule has 0 unspecified atom stereocenters. The van der Waals surface area contributed by atoms with Crippen molar-refractivity contribution in [2.45, 2.75) is 6.92 Å². The number of nitrogen functional groups attached to an aromatic ring is 1. The van der Waals surface area contributed by atoms with Crippen LogP contribution in [0.3, 0.4) is 0 Å². The minimum Gasteiger partial charge on any atom is -0.493 e. The second kappa shape index (κ2) is 5.66. The number of para-hydroxylation sites is 1. The van der Waals surface area contributed by atoms with Gasteiger partial charge in [-0.3, -0.25) is 0 Å². The summed E-state index contributed by atoms with van der Waals surface area (Å²) in [4.78, 5) is 0. The molecule has 1 aromatic heterocycles. The Morgan fingerprint density at radius 2 is 2.00 bits per heavy atom. The van der Waals surface area contributed by atoms with Crippen molar-refractivity contribution in [3.05, 3.63) is 54.7 Å². The summed E-state index contributed by atoms with van der Waals surface area (Å²) in [5.74, 6) is 0.805. The molecule has 3 rings (SSSR count). The Balaban J connectivity index is 1.99. The van der Waals surface area contributed by atoms with E-state index in [9.17, 15) is 0 Å². The van der Waals surface area contributed by atoms with Crippen LogP contribution in [0.1, 0.15) is 6.92 Å². The number of ether oxygens (including phenoxy) is 1. The Kier molecular flexibility index (Phi) is 3.55. The lowest BCUT2D eigenvalue weighted by Gasteiger charge is -2.06. The third kappa shape index (κ3) is 2.72. The molecule has 0 amide bonds. The van der Waals surface area contributed by atoms with Crippen LogP contribution in [-0.2, 0) is 0 Å². The molecule has 3 aromatic rings. The molecular formula is C16H16N4O. The molecule has 0 atom stereocenters. The van der Waals surface area contributed by atoms with Crippen molar-refractivity contribution >= 4 is 5.69 Å². The summed E-state index contributed by atoms with van der Waals surface area (Å²) in [6, 6.07) is 15.3. The fourth-order valence-corrected chi connectivity index (χ4v) is 2.14. The van der Waals surface area contributed by atoms with E-state index >= 15 is 0 Å². The van der Waals surface area contributed by atoms with E-state index in [4.69, 9.17) is 10.5 Å². The molecule has 0 saturated carbocycles. The van der Waals surface area contributed by atoms with E-state index in [2.05, 4.69) is 10.3 Å². The maximum Gasteiger partial charge on any atom is 0.128 e. The zero-order valence-electron chi connectivity index (χ0n) is 11.7. The first-order chi connectivity index (χ1) is 10.3. The third-order valence-corrected chi connectivity index (χ3v) is 3.09. The molecular weight excluding hydrogens is 264 g/mol. The maximum atomic E-state index is 5.80. The quantitative estimate of drug-likeness (QED) is 0.746. The first-order valence-corrected chi connectivity index (χ1v) is 6.78. The molecule has 106 valence electrons. The van der Waals surface area contributed by atoms with Gasteiger partial charge in [0.05, 0.1) is 18.5 Å². The number of anilines is 1. The molecule has 21 heavy (non-hydrogen) atoms. The highest BCUT2D eigenvalue weighted by Gasteiger charge is 2.10. The van der Waals surface area contributed by atoms with Gasteiger partial charge in [0, 0.05) is 11.3 Å². The van der Waals surface area contributed by atoms with E-state index in [1.54, 1.807) is 4.68 Å². The zero-order chi connectivity index (χ0) is 14.7. The highest BCUT2D eigenvalue weighted by molar-refractivity contribution is 5.66. The molecule has 0 spiro atoms. The number of hydrogen-bond acceptors (Lipinski definition) is 4. The predicted octanol–water partition coefficient (Wildman–Crippen LogP) is 2.92. The highest BCUT2D eigenvalue weighted by Crippen LogP contribution is 2.28. The van der Waals surface area contributed by atoms with Crippen LogP contribution in [0.25, 0.3) is 16.9 Å². The number of nitrogens with zero attached hydrogens (tertiary/aromatic N) is 3. The van der Waals surface area contributed by atoms with Gasteiger partial charge >= 0.3 is 0 Å². The first kappa shape index (κ1) is 13.2. The Bertz CT molecular complexity index is 751. The van der Waals surface area contributed by atoms with Gasteiger partial charge in [-0.05, 0) is 37.3 Å². The number of hydrogen-bond donors (Lipinski definition) is 1. The number of benzene rings is 2. The van der Waals surface area contributed by atoms with Crippen LogP contribution in [0, 0.1) is 0 Å². The Morgan fingerprint density at radius 3 is 2.81 bits per heavy atom. The third-order valence-electron chi connectivity index (χ3n) is 3.09. The molecule has 1 heterocycles. The van der Waals surface area contributed by atoms with Crippen molar-refractivity contribution in [2.75, 3.05) is 12.3 Å². The van der Waals surface area contributed by atoms with Crippen LogP contribution in [0.5, 0.6) is 5.75 Å². The first-order valence-electron chi connectivity index (χ1n) is 6.78. The molecule has 2 N–H and O–H groups in total. The average Bonchev–Trinajstić information content (AvgIpc) is 2.98. The van der Waals surface area contributed by atoms with Crippen LogP contribution in [0.2, 0.25) is 0 Å². The van der Waals surface area contributed by atoms with E-state index in [1.807, 2.05) is 61.7 Å². The van der Waals surface area contributed by atoms with Crippen molar-refractivity contribution < 1.29 is 4.74 Å². The molecule has 0 radical (unpaired) electrons. The lowest BCUT2D eigenvalue weighted by atomic mass is 10.1. The number of rotatable bonds is 4. The molecule has 0 aliphatic rings. The summed E-state index contributed by atoms with van der Waals surface area (Å²) < 4.78 is 7.33. The second-order valence-electron chi connectivity index (χ2n) is 4.57. The molecule has 0 saturated heterocycles. The van der Waals surface area contributed by atoms with Gasteiger partial charge in [0.25, 0.3) is 0 Å². The summed E-state index contributed by atoms with van der Waals surface area (Å²) in [5, 5.41) is 8.39. The van der Waals surface area contributed by atoms with Crippen molar-refractivity contribution in [2.24, 2.45) is 0 Å². The molecule has 0 aliphatic heterocycles. The van der Waals surface area contributed by atoms with Crippen LogP contribution in [-0.4, -0.2) is 21.6 Å². The minimum atomic E-state index is 0.611. The van der Waals surface area contributed by atoms with Crippen LogP contribution in [0.15, 0.2) is 54.7 Å². The van der Waals surface area contributed by atoms with Gasteiger partial charge in [0.15, 0.2) is 0 Å². The van der Waals surface area contributed by atoms with Crippen LogP contribution < -0.4 is 10.5 Å². The number of nitrogens with two attached hydrogens (primary N) is 1. The standard InChI is InChI=1S/C16H16N4O/c1-2-21-16-9-4-3-8-14(16)15-11-20(19-18-15)13-7-5-6-12(17)10-13/h3-11H,2,17H2,1H3. The summed E-state index contributed by atoms with van der Waals surface area (Å²) in [7, 11) is 0. The van der Waals surface area contributed by atoms with Crippen molar-refractivity contribution in [1.29, 1.82) is 0 Å². The smallest absolute Gasteiger partial charge is 0.128 e. The van der Waals surface area contributed by atoms with E-state index in [-0.39, 0.29) is 0 Å². The van der Waals surface area contributed by atoms with Gasteiger partial charge in [0.2, 0.25) is 0 Å². The fraction of sp³-hybridized carbons (Fsp3) is 0.125. The molecule has 5 heteroatoms. The second-order valence-corrected chi connectivity index (χ2v) is 4.57. The van der Waals surface area contributed by atoms with Gasteiger partial charge in [-0.2, -0.15) is 0 Å². The van der Waals surface area contributed by atoms with E-state index in [0.29, 0.717) is 12.3 Å². The summed E-state index contributed by atoms with van der Waals surface area (Å²) >= 11 is 0. The largest absolute Gasteiger partial charge is 0.493 e. The summed E-state index contributed by atoms with van der Waals surface area (Å²) in [5.41, 5.74) is 9.06. The van der Waals surface area contributed by atoms with Crippen molar-refractivity contribution in [1.82, 2.24) is 15.0 Å². The van der Waals surface area contributed by atoms with E-state index in [0.717, 1.165) is 22.7 Å². The van der Waals surface area contributed by atoms with Gasteiger partial charge in [-0.15, -0.1) is 5.10 Å². The molecule has 5 nitrogen and oxygen atoms in total. The van der Waals surface area contributed by atoms with Gasteiger partial charge in [-0.1, -0.05) is 23.4 Å². The Hall–Kier alpha value is -2.82. The average molecular weight is 280 g/mol. The SMILES string of the molecule is CCOc1ccccc1-c1cn(-c2cccc(N)c2)nn1. The fourth-order valence-electron chi connectivity index (χ4n) is 2.14. The monoisotopic (exact) mass is 280 g/mol. The zero-order valence-corrected chi connectivity index (χ0v) is 11.7. The normalized spacial score (nSPS) is 10.5. The topological polar surface area (TPSA) is 66.0 Å². The number of aromatic nitrogens is 3. The molecule has 0 bridgehead atoms. The lowest BCUT2D eigenvalue weighted by Crippen LogP contribution is -1.96. The van der Waals surface area contributed by atoms with Crippen LogP contribution in [0.4, 0.5) is 5.69 Å². The summed E-state index contributed by atoms with van der Waals surface area (Å²) in [6.07, 6.45) is 1.87. The van der Waals surface area contributed by atoms with Gasteiger partial charge in [0.1, 0.15) is 11.4 Å². The Labute approximate surface area is 123 Å². The Morgan fingerprint density at radius 1 is 1.14 bits per heavy atom. The van der Waals surface area contributed by atoms with Crippen molar-refractivity contribution in [3.8, 4) is 22.7 Å². The molecule has 0 fully saturated rings. The minimum absolute atomic E-state index is 0.611. The van der Waals surface area contributed by atoms with E-state index in [1.165, 1.54) is 0 Å². The van der Waals surface area contributed by atoms with Gasteiger partial charge in [-0.25, -0.2) is 4.68 Å². The summed E-state index contributed by atoms with van der Waals surface area (Å²) in [6.45, 7) is 2.57. The lowest BCUT2D eigenvalue weighted by molar-refractivity contribution is 0.341.